The number of hydrogen-bond donors (Lipinski definition) is 1. The van der Waals surface area contributed by atoms with Crippen molar-refractivity contribution in [3.63, 3.8) is 0 Å². The van der Waals surface area contributed by atoms with E-state index in [1.165, 1.54) is 25.5 Å². The van der Waals surface area contributed by atoms with Gasteiger partial charge in [-0.05, 0) is 37.5 Å². The highest BCUT2D eigenvalue weighted by molar-refractivity contribution is 5.87. The Balaban J connectivity index is 2.43. The Hall–Kier alpha value is -1.77. The summed E-state index contributed by atoms with van der Waals surface area (Å²) in [6.07, 6.45) is 5.42. The summed E-state index contributed by atoms with van der Waals surface area (Å²) in [5.41, 5.74) is 3.05. The molecule has 1 aromatic rings. The van der Waals surface area contributed by atoms with E-state index in [1.807, 2.05) is 6.08 Å². The minimum absolute atomic E-state index is 0.281. The van der Waals surface area contributed by atoms with Crippen molar-refractivity contribution in [2.45, 2.75) is 33.1 Å². The van der Waals surface area contributed by atoms with Gasteiger partial charge >= 0.3 is 5.97 Å². The molecule has 19 heavy (non-hydrogen) atoms. The number of nitrogens with one attached hydrogen (secondary N) is 1. The fourth-order valence-corrected chi connectivity index (χ4v) is 1.74. The standard InChI is InChI=1S/C16H23NO2/c1-4-5-6-14-7-9-15(10-8-14)17-12-11-13(2)16(18)19-3/h7-11,17H,4-6,12H2,1-3H3/b13-11-. The summed E-state index contributed by atoms with van der Waals surface area (Å²) in [5, 5.41) is 3.25. The molecule has 0 heterocycles. The van der Waals surface area contributed by atoms with E-state index in [0.717, 1.165) is 12.1 Å². The van der Waals surface area contributed by atoms with Crippen LogP contribution in [0, 0.1) is 0 Å². The van der Waals surface area contributed by atoms with E-state index in [1.54, 1.807) is 6.92 Å². The van der Waals surface area contributed by atoms with Gasteiger partial charge in [0, 0.05) is 17.8 Å². The maximum Gasteiger partial charge on any atom is 0.333 e. The summed E-state index contributed by atoms with van der Waals surface area (Å²) in [7, 11) is 1.39. The molecule has 3 nitrogen and oxygen atoms in total. The fraction of sp³-hybridized carbons (Fsp3) is 0.438. The molecule has 0 saturated heterocycles. The molecule has 0 radical (unpaired) electrons. The van der Waals surface area contributed by atoms with Crippen molar-refractivity contribution in [1.29, 1.82) is 0 Å². The molecule has 3 heteroatoms. The Morgan fingerprint density at radius 3 is 2.58 bits per heavy atom. The van der Waals surface area contributed by atoms with Crippen LogP contribution in [0.5, 0.6) is 0 Å². The number of hydrogen-bond acceptors (Lipinski definition) is 3. The molecule has 0 amide bonds. The number of benzene rings is 1. The predicted octanol–water partition coefficient (Wildman–Crippen LogP) is 3.56. The van der Waals surface area contributed by atoms with Gasteiger partial charge in [0.25, 0.3) is 0 Å². The second-order valence-corrected chi connectivity index (χ2v) is 4.56. The van der Waals surface area contributed by atoms with Gasteiger partial charge in [0.1, 0.15) is 0 Å². The van der Waals surface area contributed by atoms with E-state index < -0.39 is 0 Å². The van der Waals surface area contributed by atoms with Gasteiger partial charge in [0.15, 0.2) is 0 Å². The van der Waals surface area contributed by atoms with Crippen molar-refractivity contribution in [2.24, 2.45) is 0 Å². The normalized spacial score (nSPS) is 11.2. The Morgan fingerprint density at radius 1 is 1.32 bits per heavy atom. The molecular weight excluding hydrogens is 238 g/mol. The van der Waals surface area contributed by atoms with Crippen LogP contribution in [-0.2, 0) is 16.0 Å². The molecule has 0 spiro atoms. The van der Waals surface area contributed by atoms with Crippen LogP contribution in [0.4, 0.5) is 5.69 Å². The minimum Gasteiger partial charge on any atom is -0.466 e. The minimum atomic E-state index is -0.281. The summed E-state index contributed by atoms with van der Waals surface area (Å²) in [5.74, 6) is -0.281. The van der Waals surface area contributed by atoms with Gasteiger partial charge in [-0.15, -0.1) is 0 Å². The number of carbonyl (C=O) groups excluding carboxylic acids is 1. The Labute approximate surface area is 115 Å². The van der Waals surface area contributed by atoms with Crippen molar-refractivity contribution in [1.82, 2.24) is 0 Å². The molecule has 0 aliphatic rings. The monoisotopic (exact) mass is 261 g/mol. The van der Waals surface area contributed by atoms with Crippen LogP contribution in [0.1, 0.15) is 32.3 Å². The molecule has 104 valence electrons. The summed E-state index contributed by atoms with van der Waals surface area (Å²) in [4.78, 5) is 11.2. The van der Waals surface area contributed by atoms with Gasteiger partial charge in [0.05, 0.1) is 7.11 Å². The topological polar surface area (TPSA) is 38.3 Å². The third kappa shape index (κ3) is 5.60. The van der Waals surface area contributed by atoms with E-state index in [2.05, 4.69) is 41.2 Å². The lowest BCUT2D eigenvalue weighted by atomic mass is 10.1. The molecule has 0 aromatic heterocycles. The van der Waals surface area contributed by atoms with Crippen LogP contribution >= 0.6 is 0 Å². The molecule has 0 atom stereocenters. The lowest BCUT2D eigenvalue weighted by Crippen LogP contribution is -2.05. The van der Waals surface area contributed by atoms with Crippen LogP contribution in [0.3, 0.4) is 0 Å². The van der Waals surface area contributed by atoms with Crippen LogP contribution in [-0.4, -0.2) is 19.6 Å². The maximum atomic E-state index is 11.2. The molecule has 0 unspecified atom stereocenters. The number of methoxy groups -OCH3 is 1. The molecule has 0 saturated carbocycles. The largest absolute Gasteiger partial charge is 0.466 e. The molecule has 1 aromatic carbocycles. The van der Waals surface area contributed by atoms with E-state index in [0.29, 0.717) is 12.1 Å². The van der Waals surface area contributed by atoms with Crippen molar-refractivity contribution < 1.29 is 9.53 Å². The molecule has 1 rings (SSSR count). The third-order valence-corrected chi connectivity index (χ3v) is 2.99. The zero-order chi connectivity index (χ0) is 14.1. The molecule has 0 aliphatic carbocycles. The highest BCUT2D eigenvalue weighted by Gasteiger charge is 2.01. The number of esters is 1. The molecular formula is C16H23NO2. The Bertz CT molecular complexity index is 421. The summed E-state index contributed by atoms with van der Waals surface area (Å²) in [6.45, 7) is 4.57. The van der Waals surface area contributed by atoms with Gasteiger partial charge in [-0.2, -0.15) is 0 Å². The summed E-state index contributed by atoms with van der Waals surface area (Å²) < 4.78 is 4.63. The van der Waals surface area contributed by atoms with E-state index in [4.69, 9.17) is 0 Å². The lowest BCUT2D eigenvalue weighted by Gasteiger charge is -2.06. The van der Waals surface area contributed by atoms with E-state index >= 15 is 0 Å². The third-order valence-electron chi connectivity index (χ3n) is 2.99. The van der Waals surface area contributed by atoms with Gasteiger partial charge in [-0.25, -0.2) is 4.79 Å². The van der Waals surface area contributed by atoms with Crippen molar-refractivity contribution in [3.8, 4) is 0 Å². The zero-order valence-electron chi connectivity index (χ0n) is 12.0. The Morgan fingerprint density at radius 2 is 2.00 bits per heavy atom. The van der Waals surface area contributed by atoms with Gasteiger partial charge in [-0.3, -0.25) is 0 Å². The number of carbonyl (C=O) groups is 1. The summed E-state index contributed by atoms with van der Waals surface area (Å²) >= 11 is 0. The second kappa shape index (κ2) is 8.35. The fourth-order valence-electron chi connectivity index (χ4n) is 1.74. The molecule has 0 aliphatic heterocycles. The predicted molar refractivity (Wildman–Crippen MR) is 79.3 cm³/mol. The number of ether oxygens (including phenoxy) is 1. The highest BCUT2D eigenvalue weighted by atomic mass is 16.5. The molecule has 1 N–H and O–H groups in total. The first kappa shape index (κ1) is 15.3. The average Bonchev–Trinajstić information content (AvgIpc) is 2.45. The maximum absolute atomic E-state index is 11.2. The van der Waals surface area contributed by atoms with Gasteiger partial charge in [-0.1, -0.05) is 31.6 Å². The number of anilines is 1. The van der Waals surface area contributed by atoms with Crippen LogP contribution in [0.25, 0.3) is 0 Å². The highest BCUT2D eigenvalue weighted by Crippen LogP contribution is 2.11. The second-order valence-electron chi connectivity index (χ2n) is 4.56. The average molecular weight is 261 g/mol. The first-order valence-electron chi connectivity index (χ1n) is 6.75. The number of aryl methyl sites for hydroxylation is 1. The van der Waals surface area contributed by atoms with E-state index in [9.17, 15) is 4.79 Å². The van der Waals surface area contributed by atoms with Crippen molar-refractivity contribution in [3.05, 3.63) is 41.5 Å². The van der Waals surface area contributed by atoms with Crippen molar-refractivity contribution in [2.75, 3.05) is 19.0 Å². The number of rotatable bonds is 7. The van der Waals surface area contributed by atoms with Crippen LogP contribution in [0.2, 0.25) is 0 Å². The smallest absolute Gasteiger partial charge is 0.333 e. The SMILES string of the molecule is CCCCc1ccc(NC/C=C(/C)C(=O)OC)cc1. The Kier molecular flexibility index (Phi) is 6.72. The quantitative estimate of drug-likeness (QED) is 0.602. The van der Waals surface area contributed by atoms with Gasteiger partial charge in [0.2, 0.25) is 0 Å². The lowest BCUT2D eigenvalue weighted by molar-refractivity contribution is -0.136. The first-order valence-corrected chi connectivity index (χ1v) is 6.75. The van der Waals surface area contributed by atoms with Gasteiger partial charge < -0.3 is 10.1 Å². The summed E-state index contributed by atoms with van der Waals surface area (Å²) in [6, 6.07) is 8.45. The van der Waals surface area contributed by atoms with Crippen molar-refractivity contribution >= 4 is 11.7 Å². The zero-order valence-corrected chi connectivity index (χ0v) is 12.0. The van der Waals surface area contributed by atoms with E-state index in [-0.39, 0.29) is 5.97 Å². The number of unbranched alkanes of at least 4 members (excludes halogenated alkanes) is 1. The molecule has 0 bridgehead atoms. The molecule has 0 fully saturated rings. The first-order chi connectivity index (χ1) is 9.17. The van der Waals surface area contributed by atoms with Crippen LogP contribution in [0.15, 0.2) is 35.9 Å². The van der Waals surface area contributed by atoms with Crippen LogP contribution < -0.4 is 5.32 Å².